The number of para-hydroxylation sites is 2. The van der Waals surface area contributed by atoms with E-state index < -0.39 is 0 Å². The Labute approximate surface area is 169 Å². The highest BCUT2D eigenvalue weighted by atomic mass is 16.5. The fraction of sp³-hybridized carbons (Fsp3) is 0.160. The zero-order valence-electron chi connectivity index (χ0n) is 16.1. The normalized spacial score (nSPS) is 12.0. The molecular weight excluding hydrogens is 362 g/mol. The van der Waals surface area contributed by atoms with Gasteiger partial charge in [0.05, 0.1) is 19.3 Å². The van der Waals surface area contributed by atoms with Gasteiger partial charge in [-0.05, 0) is 29.8 Å². The molecule has 0 unspecified atom stereocenters. The number of rotatable bonds is 8. The van der Waals surface area contributed by atoms with Gasteiger partial charge in [-0.3, -0.25) is 0 Å². The topological polar surface area (TPSA) is 51.5 Å². The molecule has 0 aliphatic heterocycles. The van der Waals surface area contributed by atoms with Crippen molar-refractivity contribution in [1.29, 1.82) is 0 Å². The lowest BCUT2D eigenvalue weighted by Crippen LogP contribution is -2.30. The van der Waals surface area contributed by atoms with Gasteiger partial charge < -0.3 is 14.5 Å². The fourth-order valence-electron chi connectivity index (χ4n) is 3.33. The molecule has 1 N–H and O–H groups in total. The third kappa shape index (κ3) is 5.12. The van der Waals surface area contributed by atoms with Gasteiger partial charge in [-0.2, -0.15) is 0 Å². The van der Waals surface area contributed by atoms with Gasteiger partial charge in [0.1, 0.15) is 5.58 Å². The molecule has 0 radical (unpaired) electrons. The second-order valence-electron chi connectivity index (χ2n) is 7.01. The minimum absolute atomic E-state index is 0.0647. The SMILES string of the molecule is O=c1oc2ccccc2cc1C[C@@H](COCc1ccccc1)Nc1ccccc1. The van der Waals surface area contributed by atoms with Crippen LogP contribution in [0.15, 0.2) is 100 Å². The van der Waals surface area contributed by atoms with E-state index in [2.05, 4.69) is 5.32 Å². The average molecular weight is 385 g/mol. The maximum atomic E-state index is 12.5. The van der Waals surface area contributed by atoms with Crippen LogP contribution in [-0.4, -0.2) is 12.6 Å². The minimum Gasteiger partial charge on any atom is -0.423 e. The molecule has 4 rings (SSSR count). The maximum absolute atomic E-state index is 12.5. The van der Waals surface area contributed by atoms with E-state index in [0.717, 1.165) is 16.6 Å². The largest absolute Gasteiger partial charge is 0.423 e. The van der Waals surface area contributed by atoms with Crippen LogP contribution >= 0.6 is 0 Å². The zero-order chi connectivity index (χ0) is 19.9. The van der Waals surface area contributed by atoms with Crippen LogP contribution < -0.4 is 10.9 Å². The van der Waals surface area contributed by atoms with Crippen molar-refractivity contribution in [2.24, 2.45) is 0 Å². The molecule has 1 heterocycles. The zero-order valence-corrected chi connectivity index (χ0v) is 16.1. The van der Waals surface area contributed by atoms with Gasteiger partial charge >= 0.3 is 5.63 Å². The third-order valence-corrected chi connectivity index (χ3v) is 4.76. The number of benzene rings is 3. The Bertz CT molecular complexity index is 1110. The van der Waals surface area contributed by atoms with Gasteiger partial charge in [0, 0.05) is 23.1 Å². The Balaban J connectivity index is 1.51. The molecule has 4 aromatic rings. The molecule has 0 bridgehead atoms. The molecule has 1 aromatic heterocycles. The van der Waals surface area contributed by atoms with Crippen molar-refractivity contribution in [2.45, 2.75) is 19.1 Å². The molecule has 3 aromatic carbocycles. The second kappa shape index (κ2) is 9.22. The molecule has 0 amide bonds. The van der Waals surface area contributed by atoms with Gasteiger partial charge in [0.25, 0.3) is 0 Å². The van der Waals surface area contributed by atoms with Crippen LogP contribution in [0.5, 0.6) is 0 Å². The summed E-state index contributed by atoms with van der Waals surface area (Å²) in [6.45, 7) is 0.996. The van der Waals surface area contributed by atoms with Crippen molar-refractivity contribution in [2.75, 3.05) is 11.9 Å². The molecule has 146 valence electrons. The van der Waals surface area contributed by atoms with Crippen LogP contribution in [-0.2, 0) is 17.8 Å². The Morgan fingerprint density at radius 3 is 2.34 bits per heavy atom. The van der Waals surface area contributed by atoms with Crippen molar-refractivity contribution in [1.82, 2.24) is 0 Å². The van der Waals surface area contributed by atoms with Crippen LogP contribution in [0, 0.1) is 0 Å². The lowest BCUT2D eigenvalue weighted by atomic mass is 10.1. The number of nitrogens with one attached hydrogen (secondary N) is 1. The molecule has 29 heavy (non-hydrogen) atoms. The van der Waals surface area contributed by atoms with Crippen molar-refractivity contribution in [3.63, 3.8) is 0 Å². The Hall–Kier alpha value is -3.37. The van der Waals surface area contributed by atoms with Gasteiger partial charge in [0.2, 0.25) is 0 Å². The highest BCUT2D eigenvalue weighted by Crippen LogP contribution is 2.16. The summed E-state index contributed by atoms with van der Waals surface area (Å²) in [6, 6.07) is 29.4. The minimum atomic E-state index is -0.299. The number of hydrogen-bond acceptors (Lipinski definition) is 4. The summed E-state index contributed by atoms with van der Waals surface area (Å²) in [5, 5.41) is 4.41. The average Bonchev–Trinajstić information content (AvgIpc) is 2.76. The highest BCUT2D eigenvalue weighted by molar-refractivity contribution is 5.76. The molecule has 0 aliphatic rings. The summed E-state index contributed by atoms with van der Waals surface area (Å²) in [5.41, 5.74) is 3.06. The third-order valence-electron chi connectivity index (χ3n) is 4.76. The summed E-state index contributed by atoms with van der Waals surface area (Å²) in [7, 11) is 0. The molecule has 0 saturated heterocycles. The quantitative estimate of drug-likeness (QED) is 0.432. The smallest absolute Gasteiger partial charge is 0.339 e. The summed E-state index contributed by atoms with van der Waals surface area (Å²) in [6.07, 6.45) is 0.511. The van der Waals surface area contributed by atoms with Crippen LogP contribution in [0.4, 0.5) is 5.69 Å². The number of fused-ring (bicyclic) bond motifs is 1. The van der Waals surface area contributed by atoms with Crippen LogP contribution in [0.1, 0.15) is 11.1 Å². The van der Waals surface area contributed by atoms with Gasteiger partial charge in [-0.25, -0.2) is 4.79 Å². The van der Waals surface area contributed by atoms with E-state index in [4.69, 9.17) is 9.15 Å². The Morgan fingerprint density at radius 2 is 1.55 bits per heavy atom. The van der Waals surface area contributed by atoms with Gasteiger partial charge in [-0.1, -0.05) is 66.7 Å². The molecule has 0 fully saturated rings. The van der Waals surface area contributed by atoms with E-state index in [1.165, 1.54) is 0 Å². The molecule has 0 spiro atoms. The van der Waals surface area contributed by atoms with E-state index in [-0.39, 0.29) is 11.7 Å². The number of anilines is 1. The first-order valence-corrected chi connectivity index (χ1v) is 9.73. The monoisotopic (exact) mass is 385 g/mol. The Kier molecular flexibility index (Phi) is 6.03. The molecular formula is C25H23NO3. The van der Waals surface area contributed by atoms with Gasteiger partial charge in [0.15, 0.2) is 0 Å². The second-order valence-corrected chi connectivity index (χ2v) is 7.01. The van der Waals surface area contributed by atoms with Crippen molar-refractivity contribution in [3.05, 3.63) is 113 Å². The van der Waals surface area contributed by atoms with Crippen LogP contribution in [0.3, 0.4) is 0 Å². The van der Waals surface area contributed by atoms with E-state index in [9.17, 15) is 4.79 Å². The number of hydrogen-bond donors (Lipinski definition) is 1. The lowest BCUT2D eigenvalue weighted by molar-refractivity contribution is 0.112. The lowest BCUT2D eigenvalue weighted by Gasteiger charge is -2.20. The van der Waals surface area contributed by atoms with E-state index in [1.54, 1.807) is 0 Å². The molecule has 4 heteroatoms. The molecule has 0 saturated carbocycles. The van der Waals surface area contributed by atoms with E-state index in [0.29, 0.717) is 30.8 Å². The van der Waals surface area contributed by atoms with Crippen molar-refractivity contribution < 1.29 is 9.15 Å². The van der Waals surface area contributed by atoms with Crippen molar-refractivity contribution in [3.8, 4) is 0 Å². The summed E-state index contributed by atoms with van der Waals surface area (Å²) in [4.78, 5) is 12.5. The number of ether oxygens (including phenoxy) is 1. The Morgan fingerprint density at radius 1 is 0.862 bits per heavy atom. The maximum Gasteiger partial charge on any atom is 0.339 e. The summed E-state index contributed by atoms with van der Waals surface area (Å²) < 4.78 is 11.5. The summed E-state index contributed by atoms with van der Waals surface area (Å²) in [5.74, 6) is 0. The molecule has 0 aliphatic carbocycles. The first-order valence-electron chi connectivity index (χ1n) is 9.73. The molecule has 1 atom stereocenters. The molecule has 4 nitrogen and oxygen atoms in total. The highest BCUT2D eigenvalue weighted by Gasteiger charge is 2.14. The van der Waals surface area contributed by atoms with Crippen molar-refractivity contribution >= 4 is 16.7 Å². The van der Waals surface area contributed by atoms with Gasteiger partial charge in [-0.15, -0.1) is 0 Å². The van der Waals surface area contributed by atoms with Crippen LogP contribution in [0.25, 0.3) is 11.0 Å². The van der Waals surface area contributed by atoms with Crippen LogP contribution in [0.2, 0.25) is 0 Å². The van der Waals surface area contributed by atoms with E-state index in [1.807, 2.05) is 91.0 Å². The first-order chi connectivity index (χ1) is 14.3. The first kappa shape index (κ1) is 19.0. The standard InChI is InChI=1S/C25H23NO3/c27-25-21(15-20-11-7-8-14-24(20)29-25)16-23(26-22-12-5-2-6-13-22)18-28-17-19-9-3-1-4-10-19/h1-15,23,26H,16-18H2/t23-/m0/s1. The predicted octanol–water partition coefficient (Wildman–Crippen LogP) is 5.03. The summed E-state index contributed by atoms with van der Waals surface area (Å²) >= 11 is 0. The fourth-order valence-corrected chi connectivity index (χ4v) is 3.33. The predicted molar refractivity (Wildman–Crippen MR) is 116 cm³/mol. The van der Waals surface area contributed by atoms with E-state index >= 15 is 0 Å².